The Hall–Kier alpha value is -3.83. The summed E-state index contributed by atoms with van der Waals surface area (Å²) in [7, 11) is 0. The molecule has 178 valence electrons. The van der Waals surface area contributed by atoms with E-state index in [1.807, 2.05) is 0 Å². The van der Waals surface area contributed by atoms with Crippen LogP contribution in [-0.2, 0) is 4.79 Å². The molecule has 2 amide bonds. The molecule has 2 aromatic heterocycles. The van der Waals surface area contributed by atoms with Crippen molar-refractivity contribution in [2.24, 2.45) is 0 Å². The summed E-state index contributed by atoms with van der Waals surface area (Å²) < 4.78 is 68.5. The van der Waals surface area contributed by atoms with Crippen molar-refractivity contribution in [2.75, 3.05) is 11.4 Å². The summed E-state index contributed by atoms with van der Waals surface area (Å²) in [5, 5.41) is 1.58. The minimum Gasteiger partial charge on any atom is -0.340 e. The molecule has 3 aromatic rings. The molecule has 1 N–H and O–H groups in total. The van der Waals surface area contributed by atoms with Gasteiger partial charge in [-0.25, -0.2) is 13.8 Å². The molecule has 12 heteroatoms. The first-order valence-electron chi connectivity index (χ1n) is 10.2. The zero-order chi connectivity index (χ0) is 24.8. The second-order valence-electron chi connectivity index (χ2n) is 7.65. The summed E-state index contributed by atoms with van der Waals surface area (Å²) in [6, 6.07) is 2.92. The Balaban J connectivity index is 1.92. The van der Waals surface area contributed by atoms with Gasteiger partial charge in [-0.2, -0.15) is 13.2 Å². The monoisotopic (exact) mass is 480 g/mol. The maximum Gasteiger partial charge on any atom is 0.408 e. The zero-order valence-corrected chi connectivity index (χ0v) is 17.6. The topological polar surface area (TPSA) is 84.3 Å². The normalized spacial score (nSPS) is 14.8. The number of carbonyl (C=O) groups excluding carboxylic acids is 2. The van der Waals surface area contributed by atoms with Crippen LogP contribution in [0.4, 0.5) is 27.8 Å². The summed E-state index contributed by atoms with van der Waals surface area (Å²) in [5.74, 6) is -3.32. The molecule has 1 aliphatic rings. The van der Waals surface area contributed by atoms with Crippen molar-refractivity contribution in [3.8, 4) is 5.69 Å². The third kappa shape index (κ3) is 4.11. The molecule has 0 saturated carbocycles. The second-order valence-corrected chi connectivity index (χ2v) is 7.65. The lowest BCUT2D eigenvalue weighted by Crippen LogP contribution is -2.46. The number of fused-ring (bicyclic) bond motifs is 1. The lowest BCUT2D eigenvalue weighted by atomic mass is 10.1. The first-order chi connectivity index (χ1) is 16.0. The van der Waals surface area contributed by atoms with Gasteiger partial charge in [0.2, 0.25) is 11.3 Å². The average molecular weight is 480 g/mol. The number of pyridine rings is 2. The Morgan fingerprint density at radius 1 is 1.18 bits per heavy atom. The van der Waals surface area contributed by atoms with Gasteiger partial charge in [0, 0.05) is 25.2 Å². The van der Waals surface area contributed by atoms with Gasteiger partial charge in [0.1, 0.15) is 29.1 Å². The van der Waals surface area contributed by atoms with Crippen LogP contribution in [0.2, 0.25) is 0 Å². The number of anilines is 1. The van der Waals surface area contributed by atoms with Crippen molar-refractivity contribution >= 4 is 28.7 Å². The fourth-order valence-corrected chi connectivity index (χ4v) is 3.57. The number of carbonyl (C=O) groups is 2. The summed E-state index contributed by atoms with van der Waals surface area (Å²) in [4.78, 5) is 43.1. The number of amides is 2. The number of hydrogen-bond acceptors (Lipinski definition) is 4. The predicted molar refractivity (Wildman–Crippen MR) is 112 cm³/mol. The van der Waals surface area contributed by atoms with E-state index < -0.39 is 47.2 Å². The van der Waals surface area contributed by atoms with Gasteiger partial charge in [-0.15, -0.1) is 0 Å². The molecule has 4 rings (SSSR count). The van der Waals surface area contributed by atoms with E-state index in [9.17, 15) is 36.3 Å². The highest BCUT2D eigenvalue weighted by molar-refractivity contribution is 6.00. The smallest absolute Gasteiger partial charge is 0.340 e. The molecule has 1 fully saturated rings. The van der Waals surface area contributed by atoms with Gasteiger partial charge < -0.3 is 5.32 Å². The molecule has 1 aromatic carbocycles. The Kier molecular flexibility index (Phi) is 5.84. The summed E-state index contributed by atoms with van der Waals surface area (Å²) in [6.45, 7) is 1.59. The van der Waals surface area contributed by atoms with Crippen molar-refractivity contribution in [2.45, 2.75) is 32.0 Å². The molecule has 34 heavy (non-hydrogen) atoms. The molecular formula is C22H17F5N4O3. The van der Waals surface area contributed by atoms with Crippen LogP contribution in [0.15, 0.2) is 41.3 Å². The van der Waals surface area contributed by atoms with Gasteiger partial charge in [-0.05, 0) is 30.7 Å². The van der Waals surface area contributed by atoms with Crippen LogP contribution >= 0.6 is 0 Å². The van der Waals surface area contributed by atoms with Gasteiger partial charge >= 0.3 is 6.18 Å². The van der Waals surface area contributed by atoms with Crippen molar-refractivity contribution in [1.82, 2.24) is 14.9 Å². The fraction of sp³-hybridized carbons (Fsp3) is 0.273. The van der Waals surface area contributed by atoms with Gasteiger partial charge in [-0.3, -0.25) is 23.9 Å². The molecule has 1 saturated heterocycles. The third-order valence-corrected chi connectivity index (χ3v) is 5.49. The van der Waals surface area contributed by atoms with Crippen LogP contribution in [-0.4, -0.2) is 40.1 Å². The van der Waals surface area contributed by atoms with Crippen LogP contribution in [0.25, 0.3) is 16.7 Å². The molecule has 3 heterocycles. The van der Waals surface area contributed by atoms with Crippen molar-refractivity contribution in [3.63, 3.8) is 0 Å². The minimum atomic E-state index is -4.75. The number of halogens is 5. The average Bonchev–Trinajstić information content (AvgIpc) is 2.76. The number of hydrogen-bond donors (Lipinski definition) is 1. The quantitative estimate of drug-likeness (QED) is 0.448. The molecule has 7 nitrogen and oxygen atoms in total. The number of rotatable bonds is 5. The summed E-state index contributed by atoms with van der Waals surface area (Å²) in [6.07, 6.45) is -4.06. The number of alkyl halides is 3. The molecule has 0 bridgehead atoms. The Morgan fingerprint density at radius 2 is 1.91 bits per heavy atom. The molecule has 0 aliphatic carbocycles. The summed E-state index contributed by atoms with van der Waals surface area (Å²) in [5.41, 5.74) is -2.08. The molecule has 0 unspecified atom stereocenters. The van der Waals surface area contributed by atoms with E-state index in [-0.39, 0.29) is 28.4 Å². The van der Waals surface area contributed by atoms with Crippen LogP contribution < -0.4 is 15.6 Å². The van der Waals surface area contributed by atoms with E-state index in [0.29, 0.717) is 19.0 Å². The largest absolute Gasteiger partial charge is 0.408 e. The van der Waals surface area contributed by atoms with Gasteiger partial charge in [0.15, 0.2) is 5.65 Å². The fourth-order valence-electron chi connectivity index (χ4n) is 3.57. The van der Waals surface area contributed by atoms with E-state index in [2.05, 4.69) is 4.98 Å². The highest BCUT2D eigenvalue weighted by Crippen LogP contribution is 2.26. The first-order valence-corrected chi connectivity index (χ1v) is 10.2. The molecule has 1 atom stereocenters. The van der Waals surface area contributed by atoms with Crippen LogP contribution in [0.5, 0.6) is 0 Å². The second kappa shape index (κ2) is 8.50. The van der Waals surface area contributed by atoms with Crippen molar-refractivity contribution < 1.29 is 31.5 Å². The maximum absolute atomic E-state index is 14.6. The predicted octanol–water partition coefficient (Wildman–Crippen LogP) is 3.47. The molecule has 0 spiro atoms. The van der Waals surface area contributed by atoms with E-state index >= 15 is 0 Å². The zero-order valence-electron chi connectivity index (χ0n) is 17.6. The van der Waals surface area contributed by atoms with E-state index in [1.54, 1.807) is 5.32 Å². The van der Waals surface area contributed by atoms with E-state index in [4.69, 9.17) is 0 Å². The van der Waals surface area contributed by atoms with Crippen LogP contribution in [0.1, 0.15) is 30.1 Å². The van der Waals surface area contributed by atoms with Crippen molar-refractivity contribution in [1.29, 1.82) is 0 Å². The summed E-state index contributed by atoms with van der Waals surface area (Å²) >= 11 is 0. The Morgan fingerprint density at radius 3 is 2.47 bits per heavy atom. The molecule has 0 radical (unpaired) electrons. The van der Waals surface area contributed by atoms with Gasteiger partial charge in [0.25, 0.3) is 5.91 Å². The SMILES string of the molecule is CC[C@@H](NC(=O)c1cn(-c2ccc(F)cc2F)c2nc(N3CCC3=O)ccc2c1=O)C(F)(F)F. The lowest BCUT2D eigenvalue weighted by Gasteiger charge is -2.29. The van der Waals surface area contributed by atoms with Gasteiger partial charge in [0.05, 0.1) is 11.1 Å². The minimum absolute atomic E-state index is 0.160. The number of β-lactam (4-membered cyclic amide) rings is 1. The number of nitrogens with one attached hydrogen (secondary N) is 1. The molecular weight excluding hydrogens is 463 g/mol. The number of aromatic nitrogens is 2. The lowest BCUT2D eigenvalue weighted by molar-refractivity contribution is -0.153. The van der Waals surface area contributed by atoms with Crippen molar-refractivity contribution in [3.05, 3.63) is 63.9 Å². The standard InChI is InChI=1S/C22H17F5N4O3/c1-2-16(22(25,26)27)28-21(34)13-10-31(15-5-3-11(23)9-14(15)24)20-12(19(13)33)4-6-17(29-20)30-8-7-18(30)32/h3-6,9-10,16H,2,7-8H2,1H3,(H,28,34)/t16-/m1/s1. The Labute approximate surface area is 188 Å². The number of nitrogens with zero attached hydrogens (tertiary/aromatic N) is 3. The van der Waals surface area contributed by atoms with E-state index in [0.717, 1.165) is 22.9 Å². The Bertz CT molecular complexity index is 1370. The maximum atomic E-state index is 14.6. The van der Waals surface area contributed by atoms with Gasteiger partial charge in [-0.1, -0.05) is 6.92 Å². The highest BCUT2D eigenvalue weighted by atomic mass is 19.4. The van der Waals surface area contributed by atoms with E-state index in [1.165, 1.54) is 24.0 Å². The third-order valence-electron chi connectivity index (χ3n) is 5.49. The first kappa shape index (κ1) is 23.3. The van der Waals surface area contributed by atoms with Crippen LogP contribution in [0.3, 0.4) is 0 Å². The molecule has 1 aliphatic heterocycles. The van der Waals surface area contributed by atoms with Crippen LogP contribution in [0, 0.1) is 11.6 Å². The number of benzene rings is 1. The highest BCUT2D eigenvalue weighted by Gasteiger charge is 2.39.